The molecule has 1 aromatic heterocycles. The Hall–Kier alpha value is -2.50. The van der Waals surface area contributed by atoms with Crippen LogP contribution in [0.4, 0.5) is 0 Å². The molecule has 1 N–H and O–H groups in total. The third-order valence-electron chi connectivity index (χ3n) is 7.56. The highest BCUT2D eigenvalue weighted by Crippen LogP contribution is 2.53. The van der Waals surface area contributed by atoms with E-state index in [1.165, 1.54) is 0 Å². The Kier molecular flexibility index (Phi) is 6.50. The van der Waals surface area contributed by atoms with Crippen LogP contribution in [0.2, 0.25) is 0 Å². The van der Waals surface area contributed by atoms with Crippen LogP contribution in [0.15, 0.2) is 48.7 Å². The van der Waals surface area contributed by atoms with E-state index in [-0.39, 0.29) is 30.5 Å². The van der Waals surface area contributed by atoms with Crippen molar-refractivity contribution in [1.82, 2.24) is 4.98 Å². The molecule has 2 fully saturated rings. The normalized spacial score (nSPS) is 32.2. The van der Waals surface area contributed by atoms with E-state index in [1.54, 1.807) is 7.11 Å². The fourth-order valence-corrected chi connectivity index (χ4v) is 6.03. The van der Waals surface area contributed by atoms with Crippen molar-refractivity contribution in [3.8, 4) is 11.1 Å². The molecule has 0 bridgehead atoms. The molecular weight excluding hydrogens is 402 g/mol. The Balaban J connectivity index is 1.62. The maximum Gasteiger partial charge on any atom is 0.339 e. The summed E-state index contributed by atoms with van der Waals surface area (Å²) < 4.78 is 11.6. The number of allylic oxidation sites excluding steroid dienone is 1. The topological polar surface area (TPSA) is 68.7 Å². The predicted molar refractivity (Wildman–Crippen MR) is 124 cm³/mol. The predicted octanol–water partition coefficient (Wildman–Crippen LogP) is 4.88. The van der Waals surface area contributed by atoms with E-state index in [0.717, 1.165) is 28.8 Å². The minimum atomic E-state index is -0.856. The number of carbonyl (C=O) groups is 1. The number of methoxy groups -OCH3 is 1. The molecule has 4 rings (SSSR count). The molecule has 6 unspecified atom stereocenters. The van der Waals surface area contributed by atoms with Gasteiger partial charge < -0.3 is 14.6 Å². The molecule has 6 atom stereocenters. The van der Waals surface area contributed by atoms with E-state index in [4.69, 9.17) is 9.47 Å². The zero-order valence-electron chi connectivity index (χ0n) is 19.3. The molecule has 32 heavy (non-hydrogen) atoms. The highest BCUT2D eigenvalue weighted by atomic mass is 16.6. The van der Waals surface area contributed by atoms with E-state index in [9.17, 15) is 9.90 Å². The number of pyridine rings is 1. The maximum atomic E-state index is 12.8. The van der Waals surface area contributed by atoms with Crippen LogP contribution in [0, 0.1) is 23.7 Å². The molecule has 0 radical (unpaired) electrons. The number of benzene rings is 1. The number of hydrogen-bond acceptors (Lipinski definition) is 5. The van der Waals surface area contributed by atoms with E-state index < -0.39 is 5.60 Å². The van der Waals surface area contributed by atoms with Gasteiger partial charge in [0.1, 0.15) is 6.10 Å². The molecule has 5 nitrogen and oxygen atoms in total. The van der Waals surface area contributed by atoms with Crippen LogP contribution in [0.25, 0.3) is 17.2 Å². The number of esters is 1. The number of aromatic nitrogens is 1. The number of rotatable bonds is 6. The van der Waals surface area contributed by atoms with E-state index >= 15 is 0 Å². The van der Waals surface area contributed by atoms with Crippen LogP contribution in [-0.2, 0) is 20.9 Å². The summed E-state index contributed by atoms with van der Waals surface area (Å²) in [5.41, 5.74) is 2.86. The molecule has 2 aliphatic rings. The molecule has 1 saturated heterocycles. The third kappa shape index (κ3) is 3.78. The summed E-state index contributed by atoms with van der Waals surface area (Å²) in [6, 6.07) is 11.8. The molecule has 0 spiro atoms. The molecule has 2 heterocycles. The number of nitrogens with zero attached hydrogens (tertiary/aromatic N) is 1. The SMILES string of the molecule is CCC1C(C)CC2(OC)C(=O)OC(C)C2C1/C=C/c1ccc(-c2ccccc2CO)cn1. The van der Waals surface area contributed by atoms with Gasteiger partial charge in [0.15, 0.2) is 5.60 Å². The van der Waals surface area contributed by atoms with Gasteiger partial charge in [-0.15, -0.1) is 0 Å². The lowest BCUT2D eigenvalue weighted by atomic mass is 9.59. The summed E-state index contributed by atoms with van der Waals surface area (Å²) in [7, 11) is 1.64. The summed E-state index contributed by atoms with van der Waals surface area (Å²) in [5.74, 6) is 0.748. The summed E-state index contributed by atoms with van der Waals surface area (Å²) in [4.78, 5) is 17.4. The Morgan fingerprint density at radius 1 is 1.25 bits per heavy atom. The number of cyclic esters (lactones) is 1. The minimum Gasteiger partial charge on any atom is -0.460 e. The van der Waals surface area contributed by atoms with E-state index in [1.807, 2.05) is 49.5 Å². The average molecular weight is 436 g/mol. The summed E-state index contributed by atoms with van der Waals surface area (Å²) in [6.07, 6.45) is 7.69. The standard InChI is InChI=1S/C27H33NO4/c1-5-22-17(2)14-27(31-4)25(18(3)32-26(27)30)24(22)13-12-21-11-10-19(15-28-21)23-9-7-6-8-20(23)16-29/h6-13,15,17-18,22,24-25,29H,5,14,16H2,1-4H3/b13-12+. The van der Waals surface area contributed by atoms with Crippen molar-refractivity contribution in [1.29, 1.82) is 0 Å². The van der Waals surface area contributed by atoms with Crippen LogP contribution in [0.1, 0.15) is 44.9 Å². The van der Waals surface area contributed by atoms with Gasteiger partial charge in [0.2, 0.25) is 0 Å². The zero-order valence-corrected chi connectivity index (χ0v) is 19.3. The molecule has 2 aromatic rings. The average Bonchev–Trinajstić information content (AvgIpc) is 3.07. The van der Waals surface area contributed by atoms with Gasteiger partial charge in [0.25, 0.3) is 0 Å². The van der Waals surface area contributed by atoms with Crippen molar-refractivity contribution in [2.75, 3.05) is 7.11 Å². The number of fused-ring (bicyclic) bond motifs is 1. The fourth-order valence-electron chi connectivity index (χ4n) is 6.03. The number of hydrogen-bond donors (Lipinski definition) is 1. The Bertz CT molecular complexity index is 985. The number of carbonyl (C=O) groups excluding carboxylic acids is 1. The summed E-state index contributed by atoms with van der Waals surface area (Å²) in [6.45, 7) is 6.42. The highest BCUT2D eigenvalue weighted by molar-refractivity contribution is 5.83. The van der Waals surface area contributed by atoms with Crippen molar-refractivity contribution < 1.29 is 19.4 Å². The minimum absolute atomic E-state index is 0.00227. The third-order valence-corrected chi connectivity index (χ3v) is 7.56. The van der Waals surface area contributed by atoms with Gasteiger partial charge >= 0.3 is 5.97 Å². The van der Waals surface area contributed by atoms with Gasteiger partial charge in [-0.1, -0.05) is 56.7 Å². The van der Waals surface area contributed by atoms with Gasteiger partial charge in [-0.2, -0.15) is 0 Å². The van der Waals surface area contributed by atoms with Gasteiger partial charge in [0, 0.05) is 24.8 Å². The molecule has 1 aliphatic carbocycles. The first-order valence-corrected chi connectivity index (χ1v) is 11.5. The van der Waals surface area contributed by atoms with Crippen LogP contribution in [-0.4, -0.2) is 34.9 Å². The lowest BCUT2D eigenvalue weighted by Gasteiger charge is -2.47. The van der Waals surface area contributed by atoms with E-state index in [0.29, 0.717) is 18.3 Å². The van der Waals surface area contributed by atoms with Crippen molar-refractivity contribution in [3.05, 3.63) is 59.9 Å². The second-order valence-electron chi connectivity index (χ2n) is 9.21. The van der Waals surface area contributed by atoms with Crippen molar-refractivity contribution in [3.63, 3.8) is 0 Å². The molecule has 5 heteroatoms. The number of aliphatic hydroxyl groups excluding tert-OH is 1. The second kappa shape index (κ2) is 9.16. The first-order valence-electron chi connectivity index (χ1n) is 11.5. The van der Waals surface area contributed by atoms with Gasteiger partial charge in [-0.25, -0.2) is 4.79 Å². The van der Waals surface area contributed by atoms with Crippen LogP contribution in [0.3, 0.4) is 0 Å². The quantitative estimate of drug-likeness (QED) is 0.655. The van der Waals surface area contributed by atoms with Gasteiger partial charge in [-0.05, 0) is 54.4 Å². The van der Waals surface area contributed by atoms with Crippen LogP contribution >= 0.6 is 0 Å². The molecule has 1 saturated carbocycles. The van der Waals surface area contributed by atoms with Crippen molar-refractivity contribution in [2.45, 2.75) is 51.9 Å². The van der Waals surface area contributed by atoms with Crippen LogP contribution < -0.4 is 0 Å². The van der Waals surface area contributed by atoms with Crippen molar-refractivity contribution in [2.24, 2.45) is 23.7 Å². The largest absolute Gasteiger partial charge is 0.460 e. The monoisotopic (exact) mass is 435 g/mol. The lowest BCUT2D eigenvalue weighted by molar-refractivity contribution is -0.166. The Morgan fingerprint density at radius 3 is 2.69 bits per heavy atom. The highest BCUT2D eigenvalue weighted by Gasteiger charge is 2.63. The lowest BCUT2D eigenvalue weighted by Crippen LogP contribution is -2.54. The molecule has 0 amide bonds. The zero-order chi connectivity index (χ0) is 22.9. The van der Waals surface area contributed by atoms with Crippen LogP contribution in [0.5, 0.6) is 0 Å². The maximum absolute atomic E-state index is 12.8. The first kappa shape index (κ1) is 22.7. The van der Waals surface area contributed by atoms with Gasteiger partial charge in [0.05, 0.1) is 12.3 Å². The molecule has 170 valence electrons. The fraction of sp³-hybridized carbons (Fsp3) is 0.481. The van der Waals surface area contributed by atoms with Gasteiger partial charge in [-0.3, -0.25) is 4.98 Å². The number of aliphatic hydroxyl groups is 1. The smallest absolute Gasteiger partial charge is 0.339 e. The first-order chi connectivity index (χ1) is 15.4. The Labute approximate surface area is 190 Å². The number of ether oxygens (including phenoxy) is 2. The molecular formula is C27H33NO4. The summed E-state index contributed by atoms with van der Waals surface area (Å²) in [5, 5.41) is 9.61. The Morgan fingerprint density at radius 2 is 2.03 bits per heavy atom. The molecule has 1 aliphatic heterocycles. The summed E-state index contributed by atoms with van der Waals surface area (Å²) >= 11 is 0. The second-order valence-corrected chi connectivity index (χ2v) is 9.21. The van der Waals surface area contributed by atoms with Crippen molar-refractivity contribution >= 4 is 12.0 Å². The molecule has 1 aromatic carbocycles. The van der Waals surface area contributed by atoms with E-state index in [2.05, 4.69) is 31.0 Å².